The van der Waals surface area contributed by atoms with Crippen LogP contribution in [-0.2, 0) is 6.42 Å². The van der Waals surface area contributed by atoms with Gasteiger partial charge in [-0.1, -0.05) is 45.2 Å². The van der Waals surface area contributed by atoms with Crippen molar-refractivity contribution in [3.05, 3.63) is 29.8 Å². The lowest BCUT2D eigenvalue weighted by Crippen LogP contribution is -2.21. The van der Waals surface area contributed by atoms with Crippen molar-refractivity contribution < 1.29 is 4.74 Å². The largest absolute Gasteiger partial charge is 0.493 e. The second-order valence-corrected chi connectivity index (χ2v) is 6.10. The molecule has 0 spiro atoms. The van der Waals surface area contributed by atoms with E-state index in [-0.39, 0.29) is 0 Å². The fraction of sp³-hybridized carbons (Fsp3) is 0.684. The van der Waals surface area contributed by atoms with E-state index in [1.807, 2.05) is 7.05 Å². The van der Waals surface area contributed by atoms with Crippen LogP contribution in [0.4, 0.5) is 0 Å². The Bertz CT molecular complexity index is 360. The van der Waals surface area contributed by atoms with Crippen molar-refractivity contribution in [1.29, 1.82) is 0 Å². The van der Waals surface area contributed by atoms with Crippen LogP contribution in [0.1, 0.15) is 58.4 Å². The number of aryl methyl sites for hydroxylation is 1. The van der Waals surface area contributed by atoms with E-state index in [4.69, 9.17) is 4.74 Å². The molecule has 2 nitrogen and oxygen atoms in total. The molecule has 0 saturated carbocycles. The topological polar surface area (TPSA) is 21.3 Å². The molecule has 0 aromatic heterocycles. The van der Waals surface area contributed by atoms with Gasteiger partial charge in [-0.15, -0.1) is 0 Å². The highest BCUT2D eigenvalue weighted by Gasteiger charge is 2.07. The van der Waals surface area contributed by atoms with Gasteiger partial charge in [-0.2, -0.15) is 0 Å². The predicted octanol–water partition coefficient (Wildman–Crippen LogP) is 4.82. The number of ether oxygens (including phenoxy) is 1. The normalized spacial score (nSPS) is 13.9. The van der Waals surface area contributed by atoms with Crippen LogP contribution in [-0.4, -0.2) is 19.7 Å². The van der Waals surface area contributed by atoms with Crippen molar-refractivity contribution >= 4 is 0 Å². The van der Waals surface area contributed by atoms with E-state index in [0.29, 0.717) is 12.0 Å². The molecule has 0 radical (unpaired) electrons. The monoisotopic (exact) mass is 291 g/mol. The first-order valence-corrected chi connectivity index (χ1v) is 8.58. The van der Waals surface area contributed by atoms with E-state index in [1.54, 1.807) is 0 Å². The van der Waals surface area contributed by atoms with Gasteiger partial charge in [-0.3, -0.25) is 0 Å². The summed E-state index contributed by atoms with van der Waals surface area (Å²) in [4.78, 5) is 0. The standard InChI is InChI=1S/C19H33NO/c1-5-7-8-17(6-2)15-21-19-13-11-18(12-14-19)10-9-16(3)20-4/h11-14,16-17,20H,5-10,15H2,1-4H3. The Morgan fingerprint density at radius 2 is 1.81 bits per heavy atom. The van der Waals surface area contributed by atoms with E-state index in [2.05, 4.69) is 50.4 Å². The molecule has 2 unspecified atom stereocenters. The summed E-state index contributed by atoms with van der Waals surface area (Å²) in [6, 6.07) is 9.21. The van der Waals surface area contributed by atoms with Crippen molar-refractivity contribution in [3.63, 3.8) is 0 Å². The lowest BCUT2D eigenvalue weighted by Gasteiger charge is -2.16. The van der Waals surface area contributed by atoms with Gasteiger partial charge in [0.1, 0.15) is 5.75 Å². The zero-order chi connectivity index (χ0) is 15.5. The first-order chi connectivity index (χ1) is 10.2. The minimum absolute atomic E-state index is 0.574. The van der Waals surface area contributed by atoms with Crippen LogP contribution < -0.4 is 10.1 Å². The maximum absolute atomic E-state index is 5.95. The van der Waals surface area contributed by atoms with Gasteiger partial charge in [-0.05, 0) is 56.8 Å². The number of nitrogens with one attached hydrogen (secondary N) is 1. The molecular formula is C19H33NO. The smallest absolute Gasteiger partial charge is 0.119 e. The molecule has 0 aliphatic carbocycles. The number of benzene rings is 1. The molecule has 1 rings (SSSR count). The van der Waals surface area contributed by atoms with Crippen LogP contribution in [0.15, 0.2) is 24.3 Å². The minimum Gasteiger partial charge on any atom is -0.493 e. The number of rotatable bonds is 11. The second kappa shape index (κ2) is 10.7. The maximum atomic E-state index is 5.95. The lowest BCUT2D eigenvalue weighted by molar-refractivity contribution is 0.233. The van der Waals surface area contributed by atoms with Gasteiger partial charge in [-0.25, -0.2) is 0 Å². The summed E-state index contributed by atoms with van der Waals surface area (Å²) in [5.41, 5.74) is 1.39. The van der Waals surface area contributed by atoms with Gasteiger partial charge < -0.3 is 10.1 Å². The summed E-state index contributed by atoms with van der Waals surface area (Å²) < 4.78 is 5.95. The summed E-state index contributed by atoms with van der Waals surface area (Å²) >= 11 is 0. The third kappa shape index (κ3) is 7.52. The van der Waals surface area contributed by atoms with E-state index in [1.165, 1.54) is 37.7 Å². The number of hydrogen-bond donors (Lipinski definition) is 1. The average Bonchev–Trinajstić information content (AvgIpc) is 2.53. The van der Waals surface area contributed by atoms with Crippen LogP contribution in [0.2, 0.25) is 0 Å². The van der Waals surface area contributed by atoms with Crippen LogP contribution in [0.3, 0.4) is 0 Å². The molecule has 1 aromatic carbocycles. The first-order valence-electron chi connectivity index (χ1n) is 8.58. The van der Waals surface area contributed by atoms with Crippen LogP contribution in [0.25, 0.3) is 0 Å². The molecule has 2 heteroatoms. The van der Waals surface area contributed by atoms with Crippen molar-refractivity contribution in [3.8, 4) is 5.75 Å². The van der Waals surface area contributed by atoms with E-state index in [9.17, 15) is 0 Å². The maximum Gasteiger partial charge on any atom is 0.119 e. The van der Waals surface area contributed by atoms with Gasteiger partial charge in [0.15, 0.2) is 0 Å². The van der Waals surface area contributed by atoms with E-state index < -0.39 is 0 Å². The molecule has 0 amide bonds. The van der Waals surface area contributed by atoms with Gasteiger partial charge in [0.25, 0.3) is 0 Å². The molecule has 21 heavy (non-hydrogen) atoms. The molecule has 0 aliphatic heterocycles. The highest BCUT2D eigenvalue weighted by atomic mass is 16.5. The minimum atomic E-state index is 0.574. The summed E-state index contributed by atoms with van der Waals surface area (Å²) in [7, 11) is 2.02. The quantitative estimate of drug-likeness (QED) is 0.631. The summed E-state index contributed by atoms with van der Waals surface area (Å²) in [5, 5.41) is 3.28. The summed E-state index contributed by atoms with van der Waals surface area (Å²) in [6.45, 7) is 7.59. The fourth-order valence-corrected chi connectivity index (χ4v) is 2.39. The predicted molar refractivity (Wildman–Crippen MR) is 92.1 cm³/mol. The lowest BCUT2D eigenvalue weighted by atomic mass is 10.0. The van der Waals surface area contributed by atoms with Gasteiger partial charge >= 0.3 is 0 Å². The van der Waals surface area contributed by atoms with Crippen LogP contribution >= 0.6 is 0 Å². The van der Waals surface area contributed by atoms with Gasteiger partial charge in [0.05, 0.1) is 6.61 Å². The van der Waals surface area contributed by atoms with Crippen molar-refractivity contribution in [2.24, 2.45) is 5.92 Å². The summed E-state index contributed by atoms with van der Waals surface area (Å²) in [6.07, 6.45) is 7.37. The fourth-order valence-electron chi connectivity index (χ4n) is 2.39. The molecule has 0 fully saturated rings. The molecular weight excluding hydrogens is 258 g/mol. The molecule has 1 aromatic rings. The Kier molecular flexibility index (Phi) is 9.16. The highest BCUT2D eigenvalue weighted by molar-refractivity contribution is 5.27. The van der Waals surface area contributed by atoms with Crippen molar-refractivity contribution in [2.45, 2.75) is 65.3 Å². The Hall–Kier alpha value is -1.02. The number of hydrogen-bond acceptors (Lipinski definition) is 2. The number of unbranched alkanes of at least 4 members (excludes halogenated alkanes) is 1. The van der Waals surface area contributed by atoms with Crippen molar-refractivity contribution in [2.75, 3.05) is 13.7 Å². The Balaban J connectivity index is 2.36. The van der Waals surface area contributed by atoms with Crippen LogP contribution in [0.5, 0.6) is 5.75 Å². The molecule has 120 valence electrons. The molecule has 0 aliphatic rings. The highest BCUT2D eigenvalue weighted by Crippen LogP contribution is 2.18. The van der Waals surface area contributed by atoms with Gasteiger partial charge in [0, 0.05) is 6.04 Å². The molecule has 0 heterocycles. The molecule has 0 saturated heterocycles. The zero-order valence-electron chi connectivity index (χ0n) is 14.3. The Morgan fingerprint density at radius 1 is 1.10 bits per heavy atom. The zero-order valence-corrected chi connectivity index (χ0v) is 14.3. The Morgan fingerprint density at radius 3 is 2.38 bits per heavy atom. The van der Waals surface area contributed by atoms with E-state index in [0.717, 1.165) is 18.8 Å². The van der Waals surface area contributed by atoms with E-state index >= 15 is 0 Å². The average molecular weight is 291 g/mol. The molecule has 2 atom stereocenters. The third-order valence-corrected chi connectivity index (χ3v) is 4.31. The second-order valence-electron chi connectivity index (χ2n) is 6.10. The Labute approximate surface area is 131 Å². The first kappa shape index (κ1) is 18.0. The SMILES string of the molecule is CCCCC(CC)COc1ccc(CCC(C)NC)cc1. The van der Waals surface area contributed by atoms with Crippen LogP contribution in [0, 0.1) is 5.92 Å². The summed E-state index contributed by atoms with van der Waals surface area (Å²) in [5.74, 6) is 1.71. The third-order valence-electron chi connectivity index (χ3n) is 4.31. The van der Waals surface area contributed by atoms with Crippen molar-refractivity contribution in [1.82, 2.24) is 5.32 Å². The molecule has 0 bridgehead atoms. The van der Waals surface area contributed by atoms with Gasteiger partial charge in [0.2, 0.25) is 0 Å². The molecule has 1 N–H and O–H groups in total.